The number of anilines is 1. The minimum absolute atomic E-state index is 0.0309. The smallest absolute Gasteiger partial charge is 0.141 e. The van der Waals surface area contributed by atoms with Gasteiger partial charge in [0, 0.05) is 25.0 Å². The number of nitrogens with one attached hydrogen (secondary N) is 1. The number of hydrogen-bond donors (Lipinski definition) is 2. The summed E-state index contributed by atoms with van der Waals surface area (Å²) in [4.78, 5) is 6.47. The number of hydrogen-bond acceptors (Lipinski definition) is 3. The third-order valence-corrected chi connectivity index (χ3v) is 3.80. The van der Waals surface area contributed by atoms with Gasteiger partial charge in [-0.25, -0.2) is 0 Å². The number of nitrogens with zero attached hydrogens (tertiary/aromatic N) is 2. The monoisotopic (exact) mass is 246 g/mol. The van der Waals surface area contributed by atoms with Crippen molar-refractivity contribution in [2.24, 2.45) is 17.1 Å². The molecule has 0 aromatic carbocycles. The number of nitrogen functional groups attached to an aromatic ring is 1. The van der Waals surface area contributed by atoms with Gasteiger partial charge in [0.2, 0.25) is 0 Å². The van der Waals surface area contributed by atoms with Crippen molar-refractivity contribution < 1.29 is 0 Å². The van der Waals surface area contributed by atoms with Crippen LogP contribution in [0.3, 0.4) is 0 Å². The van der Waals surface area contributed by atoms with E-state index in [1.807, 2.05) is 12.1 Å². The number of rotatable bonds is 2. The lowest BCUT2D eigenvalue weighted by atomic mass is 9.80. The van der Waals surface area contributed by atoms with Gasteiger partial charge in [-0.1, -0.05) is 20.8 Å². The van der Waals surface area contributed by atoms with E-state index in [-0.39, 0.29) is 5.84 Å². The van der Waals surface area contributed by atoms with Crippen LogP contribution in [0.5, 0.6) is 0 Å². The van der Waals surface area contributed by atoms with Crippen LogP contribution in [0.1, 0.15) is 32.9 Å². The second-order valence-corrected chi connectivity index (χ2v) is 6.11. The van der Waals surface area contributed by atoms with Gasteiger partial charge >= 0.3 is 0 Å². The number of pyridine rings is 1. The Morgan fingerprint density at radius 2 is 2.22 bits per heavy atom. The van der Waals surface area contributed by atoms with Gasteiger partial charge in [-0.15, -0.1) is 0 Å². The molecule has 4 heteroatoms. The van der Waals surface area contributed by atoms with Gasteiger partial charge in [-0.3, -0.25) is 10.4 Å². The van der Waals surface area contributed by atoms with E-state index in [0.29, 0.717) is 17.0 Å². The zero-order valence-electron chi connectivity index (χ0n) is 11.4. The molecule has 1 saturated heterocycles. The van der Waals surface area contributed by atoms with Crippen LogP contribution in [0.2, 0.25) is 0 Å². The second-order valence-electron chi connectivity index (χ2n) is 6.11. The molecule has 3 N–H and O–H groups in total. The predicted molar refractivity (Wildman–Crippen MR) is 75.0 cm³/mol. The van der Waals surface area contributed by atoms with Gasteiger partial charge in [0.15, 0.2) is 0 Å². The highest BCUT2D eigenvalue weighted by molar-refractivity contribution is 5.93. The molecule has 0 radical (unpaired) electrons. The summed E-state index contributed by atoms with van der Waals surface area (Å²) < 4.78 is 0. The molecular formula is C14H22N4. The second kappa shape index (κ2) is 4.59. The van der Waals surface area contributed by atoms with Crippen LogP contribution in [0, 0.1) is 16.7 Å². The van der Waals surface area contributed by atoms with Crippen LogP contribution in [0.25, 0.3) is 0 Å². The fourth-order valence-electron chi connectivity index (χ4n) is 2.47. The highest BCUT2D eigenvalue weighted by Gasteiger charge is 2.31. The van der Waals surface area contributed by atoms with Crippen molar-refractivity contribution in [2.75, 3.05) is 18.0 Å². The standard InChI is InChI=1S/C14H22N4/c1-14(2,3)10-5-7-18(9-10)11-4-6-17-12(8-11)13(15)16/h4,6,8,10H,5,7,9H2,1-3H3,(H3,15,16). The topological polar surface area (TPSA) is 66.0 Å². The minimum Gasteiger partial charge on any atom is -0.382 e. The summed E-state index contributed by atoms with van der Waals surface area (Å²) >= 11 is 0. The normalized spacial score (nSPS) is 20.2. The minimum atomic E-state index is 0.0309. The third-order valence-electron chi connectivity index (χ3n) is 3.80. The Bertz CT molecular complexity index is 447. The Balaban J connectivity index is 2.14. The predicted octanol–water partition coefficient (Wildman–Crippen LogP) is 2.24. The molecule has 1 aliphatic rings. The van der Waals surface area contributed by atoms with Gasteiger partial charge in [0.1, 0.15) is 11.5 Å². The van der Waals surface area contributed by atoms with E-state index in [0.717, 1.165) is 18.8 Å². The zero-order chi connectivity index (χ0) is 13.3. The largest absolute Gasteiger partial charge is 0.382 e. The van der Waals surface area contributed by atoms with E-state index in [2.05, 4.69) is 30.7 Å². The summed E-state index contributed by atoms with van der Waals surface area (Å²) in [6.45, 7) is 9.05. The molecule has 4 nitrogen and oxygen atoms in total. The molecule has 1 fully saturated rings. The van der Waals surface area contributed by atoms with Crippen molar-refractivity contribution >= 4 is 11.5 Å². The Labute approximate surface area is 109 Å². The molecule has 1 atom stereocenters. The third kappa shape index (κ3) is 2.63. The van der Waals surface area contributed by atoms with Gasteiger partial charge in [0.05, 0.1) is 0 Å². The van der Waals surface area contributed by atoms with Crippen LogP contribution < -0.4 is 10.6 Å². The van der Waals surface area contributed by atoms with E-state index in [9.17, 15) is 0 Å². The lowest BCUT2D eigenvalue weighted by Gasteiger charge is -2.27. The maximum atomic E-state index is 7.44. The summed E-state index contributed by atoms with van der Waals surface area (Å²) in [5, 5.41) is 7.44. The highest BCUT2D eigenvalue weighted by atomic mass is 15.2. The van der Waals surface area contributed by atoms with Crippen LogP contribution in [-0.4, -0.2) is 23.9 Å². The quantitative estimate of drug-likeness (QED) is 0.621. The summed E-state index contributed by atoms with van der Waals surface area (Å²) in [6.07, 6.45) is 2.96. The van der Waals surface area contributed by atoms with E-state index < -0.39 is 0 Å². The zero-order valence-corrected chi connectivity index (χ0v) is 11.4. The Morgan fingerprint density at radius 1 is 1.50 bits per heavy atom. The molecule has 1 unspecified atom stereocenters. The first-order chi connectivity index (χ1) is 8.38. The molecule has 2 rings (SSSR count). The lowest BCUT2D eigenvalue weighted by Crippen LogP contribution is -2.26. The van der Waals surface area contributed by atoms with Crippen LogP contribution >= 0.6 is 0 Å². The number of amidine groups is 1. The van der Waals surface area contributed by atoms with Gasteiger partial charge in [-0.2, -0.15) is 0 Å². The first-order valence-corrected chi connectivity index (χ1v) is 6.43. The first kappa shape index (κ1) is 12.9. The van der Waals surface area contributed by atoms with E-state index in [1.54, 1.807) is 6.20 Å². The van der Waals surface area contributed by atoms with E-state index >= 15 is 0 Å². The molecule has 0 amide bonds. The average Bonchev–Trinajstić information content (AvgIpc) is 2.78. The van der Waals surface area contributed by atoms with Crippen molar-refractivity contribution in [1.82, 2.24) is 4.98 Å². The molecule has 18 heavy (non-hydrogen) atoms. The molecule has 1 aromatic rings. The van der Waals surface area contributed by atoms with Gasteiger partial charge in [-0.05, 0) is 29.9 Å². The van der Waals surface area contributed by atoms with Crippen molar-refractivity contribution in [2.45, 2.75) is 27.2 Å². The number of nitrogens with two attached hydrogens (primary N) is 1. The molecule has 1 aliphatic heterocycles. The Morgan fingerprint density at radius 3 is 2.78 bits per heavy atom. The molecule has 2 heterocycles. The van der Waals surface area contributed by atoms with Crippen LogP contribution in [0.15, 0.2) is 18.3 Å². The first-order valence-electron chi connectivity index (χ1n) is 6.43. The van der Waals surface area contributed by atoms with Gasteiger partial charge < -0.3 is 10.6 Å². The van der Waals surface area contributed by atoms with Crippen LogP contribution in [-0.2, 0) is 0 Å². The SMILES string of the molecule is CC(C)(C)C1CCN(c2ccnc(C(=N)N)c2)C1. The summed E-state index contributed by atoms with van der Waals surface area (Å²) in [5.74, 6) is 0.745. The molecule has 0 spiro atoms. The molecule has 1 aromatic heterocycles. The van der Waals surface area contributed by atoms with Crippen molar-refractivity contribution in [3.63, 3.8) is 0 Å². The van der Waals surface area contributed by atoms with Crippen LogP contribution in [0.4, 0.5) is 5.69 Å². The van der Waals surface area contributed by atoms with E-state index in [4.69, 9.17) is 11.1 Å². The lowest BCUT2D eigenvalue weighted by molar-refractivity contribution is 0.263. The van der Waals surface area contributed by atoms with E-state index in [1.165, 1.54) is 6.42 Å². The maximum absolute atomic E-state index is 7.44. The van der Waals surface area contributed by atoms with Crippen molar-refractivity contribution in [3.8, 4) is 0 Å². The number of aromatic nitrogens is 1. The summed E-state index contributed by atoms with van der Waals surface area (Å²) in [7, 11) is 0. The van der Waals surface area contributed by atoms with Crippen molar-refractivity contribution in [3.05, 3.63) is 24.0 Å². The van der Waals surface area contributed by atoms with Gasteiger partial charge in [0.25, 0.3) is 0 Å². The molecule has 0 aliphatic carbocycles. The average molecular weight is 246 g/mol. The summed E-state index contributed by atoms with van der Waals surface area (Å²) in [5.41, 5.74) is 7.52. The Hall–Kier alpha value is -1.58. The summed E-state index contributed by atoms with van der Waals surface area (Å²) in [6, 6.07) is 3.91. The maximum Gasteiger partial charge on any atom is 0.141 e. The highest BCUT2D eigenvalue weighted by Crippen LogP contribution is 2.35. The molecule has 0 bridgehead atoms. The molecule has 0 saturated carbocycles. The van der Waals surface area contributed by atoms with Crippen molar-refractivity contribution in [1.29, 1.82) is 5.41 Å². The molecule has 98 valence electrons. The molecular weight excluding hydrogens is 224 g/mol. The fourth-order valence-corrected chi connectivity index (χ4v) is 2.47. The fraction of sp³-hybridized carbons (Fsp3) is 0.571. The Kier molecular flexibility index (Phi) is 3.28.